The first-order valence-corrected chi connectivity index (χ1v) is 6.75. The van der Waals surface area contributed by atoms with E-state index in [4.69, 9.17) is 11.5 Å². The molecule has 0 radical (unpaired) electrons. The van der Waals surface area contributed by atoms with Crippen molar-refractivity contribution in [3.8, 4) is 0 Å². The van der Waals surface area contributed by atoms with Gasteiger partial charge in [0.2, 0.25) is 0 Å². The number of primary amides is 1. The molecule has 1 aliphatic rings. The zero-order valence-electron chi connectivity index (χ0n) is 11.6. The van der Waals surface area contributed by atoms with Gasteiger partial charge in [-0.05, 0) is 43.4 Å². The quantitative estimate of drug-likeness (QED) is 0.848. The summed E-state index contributed by atoms with van der Waals surface area (Å²) in [7, 11) is 0. The van der Waals surface area contributed by atoms with E-state index in [2.05, 4.69) is 16.8 Å². The van der Waals surface area contributed by atoms with Crippen molar-refractivity contribution < 1.29 is 4.79 Å². The van der Waals surface area contributed by atoms with Crippen LogP contribution in [0.2, 0.25) is 0 Å². The summed E-state index contributed by atoms with van der Waals surface area (Å²) in [5.74, 6) is 1.35. The fourth-order valence-electron chi connectivity index (χ4n) is 2.74. The maximum Gasteiger partial charge on any atom is 0.252 e. The molecule has 1 aromatic rings. The van der Waals surface area contributed by atoms with Crippen molar-refractivity contribution in [1.29, 1.82) is 0 Å². The highest BCUT2D eigenvalue weighted by Gasteiger charge is 2.28. The third kappa shape index (κ3) is 2.71. The Bertz CT molecular complexity index is 475. The van der Waals surface area contributed by atoms with Crippen LogP contribution in [0.3, 0.4) is 0 Å². The van der Waals surface area contributed by atoms with Crippen molar-refractivity contribution in [1.82, 2.24) is 4.98 Å². The van der Waals surface area contributed by atoms with Gasteiger partial charge in [-0.15, -0.1) is 0 Å². The molecular weight excluding hydrogens is 240 g/mol. The van der Waals surface area contributed by atoms with Crippen LogP contribution in [0.5, 0.6) is 0 Å². The molecule has 1 amide bonds. The fraction of sp³-hybridized carbons (Fsp3) is 0.571. The van der Waals surface area contributed by atoms with Crippen LogP contribution < -0.4 is 16.4 Å². The summed E-state index contributed by atoms with van der Waals surface area (Å²) in [5.41, 5.74) is 12.7. The normalized spacial score (nSPS) is 23.4. The summed E-state index contributed by atoms with van der Waals surface area (Å²) in [5, 5.41) is 0. The zero-order chi connectivity index (χ0) is 14.0. The number of hydrogen-bond acceptors (Lipinski definition) is 4. The van der Waals surface area contributed by atoms with E-state index in [0.717, 1.165) is 25.1 Å². The Morgan fingerprint density at radius 1 is 1.58 bits per heavy atom. The molecule has 0 aliphatic carbocycles. The van der Waals surface area contributed by atoms with E-state index in [1.165, 1.54) is 0 Å². The highest BCUT2D eigenvalue weighted by molar-refractivity contribution is 5.99. The molecule has 104 valence electrons. The van der Waals surface area contributed by atoms with Gasteiger partial charge in [0.15, 0.2) is 0 Å². The molecule has 2 atom stereocenters. The van der Waals surface area contributed by atoms with Crippen molar-refractivity contribution in [3.05, 3.63) is 23.4 Å². The lowest BCUT2D eigenvalue weighted by molar-refractivity contribution is 0.0999. The van der Waals surface area contributed by atoms with Crippen molar-refractivity contribution >= 4 is 11.7 Å². The lowest BCUT2D eigenvalue weighted by Crippen LogP contribution is -2.43. The Kier molecular flexibility index (Phi) is 4.04. The van der Waals surface area contributed by atoms with Gasteiger partial charge < -0.3 is 16.4 Å². The number of anilines is 1. The molecule has 0 spiro atoms. The van der Waals surface area contributed by atoms with Gasteiger partial charge in [0.05, 0.1) is 5.56 Å². The second kappa shape index (κ2) is 5.57. The molecule has 5 nitrogen and oxygen atoms in total. The molecule has 0 saturated carbocycles. The average Bonchev–Trinajstić information content (AvgIpc) is 2.38. The Morgan fingerprint density at radius 2 is 2.32 bits per heavy atom. The van der Waals surface area contributed by atoms with E-state index in [9.17, 15) is 4.79 Å². The SMILES string of the molecule is Cc1ccnc(N2CCC(C)C(CN)C2)c1C(N)=O. The summed E-state index contributed by atoms with van der Waals surface area (Å²) in [6.07, 6.45) is 2.79. The summed E-state index contributed by atoms with van der Waals surface area (Å²) < 4.78 is 0. The van der Waals surface area contributed by atoms with Gasteiger partial charge in [0.1, 0.15) is 5.82 Å². The van der Waals surface area contributed by atoms with Crippen molar-refractivity contribution in [2.75, 3.05) is 24.5 Å². The lowest BCUT2D eigenvalue weighted by atomic mass is 9.87. The van der Waals surface area contributed by atoms with Crippen LogP contribution in [0, 0.1) is 18.8 Å². The molecule has 2 heterocycles. The molecule has 0 aromatic carbocycles. The van der Waals surface area contributed by atoms with Crippen LogP contribution in [-0.4, -0.2) is 30.5 Å². The van der Waals surface area contributed by atoms with Gasteiger partial charge in [0.25, 0.3) is 5.91 Å². The monoisotopic (exact) mass is 262 g/mol. The van der Waals surface area contributed by atoms with Crippen molar-refractivity contribution in [3.63, 3.8) is 0 Å². The molecule has 19 heavy (non-hydrogen) atoms. The number of pyridine rings is 1. The predicted octanol–water partition coefficient (Wildman–Crippen LogP) is 0.910. The number of nitrogens with zero attached hydrogens (tertiary/aromatic N) is 2. The number of aromatic nitrogens is 1. The fourth-order valence-corrected chi connectivity index (χ4v) is 2.74. The summed E-state index contributed by atoms with van der Waals surface area (Å²) in [4.78, 5) is 18.1. The number of amides is 1. The Hall–Kier alpha value is -1.62. The third-order valence-electron chi connectivity index (χ3n) is 4.10. The van der Waals surface area contributed by atoms with Crippen LogP contribution in [0.1, 0.15) is 29.3 Å². The van der Waals surface area contributed by atoms with E-state index in [1.54, 1.807) is 6.20 Å². The summed E-state index contributed by atoms with van der Waals surface area (Å²) in [6.45, 7) is 6.52. The second-order valence-corrected chi connectivity index (χ2v) is 5.40. The highest BCUT2D eigenvalue weighted by Crippen LogP contribution is 2.28. The molecule has 4 N–H and O–H groups in total. The van der Waals surface area contributed by atoms with Crippen LogP contribution >= 0.6 is 0 Å². The highest BCUT2D eigenvalue weighted by atomic mass is 16.1. The van der Waals surface area contributed by atoms with Gasteiger partial charge in [0, 0.05) is 19.3 Å². The van der Waals surface area contributed by atoms with Gasteiger partial charge >= 0.3 is 0 Å². The number of nitrogens with two attached hydrogens (primary N) is 2. The van der Waals surface area contributed by atoms with E-state index in [1.807, 2.05) is 13.0 Å². The van der Waals surface area contributed by atoms with Gasteiger partial charge in [-0.3, -0.25) is 4.79 Å². The number of rotatable bonds is 3. The average molecular weight is 262 g/mol. The molecule has 1 saturated heterocycles. The van der Waals surface area contributed by atoms with Gasteiger partial charge in [-0.2, -0.15) is 0 Å². The molecule has 2 unspecified atom stereocenters. The Morgan fingerprint density at radius 3 is 2.95 bits per heavy atom. The van der Waals surface area contributed by atoms with E-state index in [0.29, 0.717) is 29.8 Å². The van der Waals surface area contributed by atoms with E-state index >= 15 is 0 Å². The second-order valence-electron chi connectivity index (χ2n) is 5.40. The summed E-state index contributed by atoms with van der Waals surface area (Å²) in [6, 6.07) is 1.82. The lowest BCUT2D eigenvalue weighted by Gasteiger charge is -2.38. The van der Waals surface area contributed by atoms with E-state index in [-0.39, 0.29) is 0 Å². The van der Waals surface area contributed by atoms with Crippen LogP contribution in [0.25, 0.3) is 0 Å². The molecule has 1 aliphatic heterocycles. The van der Waals surface area contributed by atoms with Crippen LogP contribution in [0.4, 0.5) is 5.82 Å². The zero-order valence-corrected chi connectivity index (χ0v) is 11.6. The predicted molar refractivity (Wildman–Crippen MR) is 76.0 cm³/mol. The minimum absolute atomic E-state index is 0.413. The standard InChI is InChI=1S/C14H22N4O/c1-9-4-6-18(8-11(9)7-15)14-12(13(16)19)10(2)3-5-17-14/h3,5,9,11H,4,6-8,15H2,1-2H3,(H2,16,19). The first kappa shape index (κ1) is 13.8. The molecule has 5 heteroatoms. The minimum atomic E-state index is -0.413. The molecule has 0 bridgehead atoms. The van der Waals surface area contributed by atoms with Gasteiger partial charge in [-0.25, -0.2) is 4.98 Å². The number of carbonyl (C=O) groups is 1. The Balaban J connectivity index is 2.32. The van der Waals surface area contributed by atoms with Crippen LogP contribution in [-0.2, 0) is 0 Å². The Labute approximate surface area is 114 Å². The molecule has 1 fully saturated rings. The number of carbonyl (C=O) groups excluding carboxylic acids is 1. The maximum atomic E-state index is 11.6. The van der Waals surface area contributed by atoms with Crippen molar-refractivity contribution in [2.45, 2.75) is 20.3 Å². The van der Waals surface area contributed by atoms with Gasteiger partial charge in [-0.1, -0.05) is 6.92 Å². The molecule has 2 rings (SSSR count). The third-order valence-corrected chi connectivity index (χ3v) is 4.10. The number of aryl methyl sites for hydroxylation is 1. The first-order chi connectivity index (χ1) is 9.04. The minimum Gasteiger partial charge on any atom is -0.365 e. The molecular formula is C14H22N4O. The number of hydrogen-bond donors (Lipinski definition) is 2. The number of piperidine rings is 1. The summed E-state index contributed by atoms with van der Waals surface area (Å²) >= 11 is 0. The van der Waals surface area contributed by atoms with E-state index < -0.39 is 5.91 Å². The largest absolute Gasteiger partial charge is 0.365 e. The first-order valence-electron chi connectivity index (χ1n) is 6.75. The van der Waals surface area contributed by atoms with Crippen LogP contribution in [0.15, 0.2) is 12.3 Å². The topological polar surface area (TPSA) is 85.2 Å². The smallest absolute Gasteiger partial charge is 0.252 e. The molecule has 1 aromatic heterocycles. The van der Waals surface area contributed by atoms with Crippen molar-refractivity contribution in [2.24, 2.45) is 23.3 Å². The maximum absolute atomic E-state index is 11.6.